The highest BCUT2D eigenvalue weighted by Crippen LogP contribution is 2.34. The van der Waals surface area contributed by atoms with Crippen molar-refractivity contribution in [1.82, 2.24) is 4.90 Å². The smallest absolute Gasteiger partial charge is 0.352 e. The predicted molar refractivity (Wildman–Crippen MR) is 199 cm³/mol. The number of esters is 8. The quantitative estimate of drug-likeness (QED) is 0.104. The first-order chi connectivity index (χ1) is 26.8. The molecular weight excluding hydrogens is 770 g/mol. The molecular formula is C39H55NO18. The maximum atomic E-state index is 13.0. The first kappa shape index (κ1) is 50.3. The number of carbonyl (C=O) groups excluding carboxylic acids is 9. The van der Waals surface area contributed by atoms with Gasteiger partial charge < -0.3 is 47.5 Å². The molecule has 0 heterocycles. The Bertz CT molecular complexity index is 1700. The van der Waals surface area contributed by atoms with Crippen molar-refractivity contribution in [3.05, 3.63) is 22.8 Å². The van der Waals surface area contributed by atoms with Gasteiger partial charge in [-0.15, -0.1) is 0 Å². The van der Waals surface area contributed by atoms with Gasteiger partial charge in [0.25, 0.3) is 0 Å². The zero-order chi connectivity index (χ0) is 44.8. The summed E-state index contributed by atoms with van der Waals surface area (Å²) in [6.45, 7) is 19.6. The largest absolute Gasteiger partial charge is 0.489 e. The summed E-state index contributed by atoms with van der Waals surface area (Å²) in [5.74, 6) is -7.48. The molecule has 7 atom stereocenters. The van der Waals surface area contributed by atoms with Gasteiger partial charge in [-0.3, -0.25) is 14.4 Å². The minimum atomic E-state index is -1.59. The number of benzene rings is 1. The monoisotopic (exact) mass is 825 g/mol. The average molecular weight is 826 g/mol. The molecule has 0 aliphatic heterocycles. The second-order valence-corrected chi connectivity index (χ2v) is 13.6. The van der Waals surface area contributed by atoms with Gasteiger partial charge in [-0.1, -0.05) is 0 Å². The van der Waals surface area contributed by atoms with Crippen LogP contribution in [0, 0.1) is 20.8 Å². The molecule has 0 N–H and O–H groups in total. The summed E-state index contributed by atoms with van der Waals surface area (Å²) in [7, 11) is 0. The van der Waals surface area contributed by atoms with E-state index in [9.17, 15) is 43.2 Å². The summed E-state index contributed by atoms with van der Waals surface area (Å²) in [5, 5.41) is 0. The Balaban J connectivity index is 2.79. The minimum absolute atomic E-state index is 0.0681. The Morgan fingerprint density at radius 1 is 0.517 bits per heavy atom. The van der Waals surface area contributed by atoms with Gasteiger partial charge in [-0.25, -0.2) is 28.8 Å². The molecule has 324 valence electrons. The Hall–Kier alpha value is -5.75. The van der Waals surface area contributed by atoms with Gasteiger partial charge in [-0.2, -0.15) is 0 Å². The van der Waals surface area contributed by atoms with E-state index in [0.29, 0.717) is 22.4 Å². The van der Waals surface area contributed by atoms with Crippen LogP contribution in [0.4, 0.5) is 0 Å². The molecule has 1 rings (SSSR count). The highest BCUT2D eigenvalue weighted by atomic mass is 16.7. The molecule has 0 bridgehead atoms. The van der Waals surface area contributed by atoms with Gasteiger partial charge in [0.15, 0.2) is 42.7 Å². The number of carbonyl (C=O) groups is 9. The lowest BCUT2D eigenvalue weighted by Crippen LogP contribution is -2.44. The third kappa shape index (κ3) is 16.0. The van der Waals surface area contributed by atoms with Crippen molar-refractivity contribution in [3.63, 3.8) is 0 Å². The van der Waals surface area contributed by atoms with Gasteiger partial charge in [0.1, 0.15) is 18.1 Å². The second kappa shape index (κ2) is 22.9. The van der Waals surface area contributed by atoms with Crippen molar-refractivity contribution >= 4 is 53.7 Å². The Kier molecular flexibility index (Phi) is 19.8. The SMILES string of the molecule is CC(=O)OC(COc1cc(C)c(OC(=O)C(C)OC(=O)C(C)OC(=O)C(C)OC(=O)C(C)OC(=O)C(C)OC(=O)C(C)OC(C)=O)c(C)c1C)CN(C(C)=O)C(C)C. The lowest BCUT2D eigenvalue weighted by molar-refractivity contribution is -0.187. The van der Waals surface area contributed by atoms with Gasteiger partial charge in [-0.05, 0) is 98.9 Å². The summed E-state index contributed by atoms with van der Waals surface area (Å²) in [6.07, 6.45) is -9.74. The van der Waals surface area contributed by atoms with Crippen LogP contribution >= 0.6 is 0 Å². The van der Waals surface area contributed by atoms with E-state index in [1.54, 1.807) is 31.7 Å². The summed E-state index contributed by atoms with van der Waals surface area (Å²) in [5.41, 5.74) is 1.61. The van der Waals surface area contributed by atoms with Crippen molar-refractivity contribution in [2.45, 2.75) is 146 Å². The lowest BCUT2D eigenvalue weighted by atomic mass is 10.0. The van der Waals surface area contributed by atoms with Crippen LogP contribution in [-0.4, -0.2) is 120 Å². The first-order valence-electron chi connectivity index (χ1n) is 18.4. The molecule has 19 heteroatoms. The predicted octanol–water partition coefficient (Wildman–Crippen LogP) is 2.69. The standard InChI is InChI=1S/C39H55NO18/c1-18(2)40(28(12)41)16-31(57-30(14)43)17-50-32-15-19(3)33(21(5)20(32)4)58-39(49)27(11)56-38(48)26(10)55-37(47)25(9)54-36(46)24(8)53-35(45)23(7)52-34(44)22(6)51-29(13)42/h15,18,22-27,31H,16-17H2,1-14H3. The molecule has 0 fully saturated rings. The van der Waals surface area contributed by atoms with E-state index >= 15 is 0 Å². The third-order valence-corrected chi connectivity index (χ3v) is 8.17. The fraction of sp³-hybridized carbons (Fsp3) is 0.615. The number of aryl methyl sites for hydroxylation is 1. The number of rotatable bonds is 20. The van der Waals surface area contributed by atoms with Gasteiger partial charge >= 0.3 is 47.8 Å². The molecule has 19 nitrogen and oxygen atoms in total. The van der Waals surface area contributed by atoms with E-state index in [0.717, 1.165) is 34.6 Å². The van der Waals surface area contributed by atoms with Crippen molar-refractivity contribution in [1.29, 1.82) is 0 Å². The molecule has 0 aliphatic rings. The van der Waals surface area contributed by atoms with Crippen molar-refractivity contribution in [2.75, 3.05) is 13.2 Å². The molecule has 1 aromatic rings. The highest BCUT2D eigenvalue weighted by molar-refractivity contribution is 5.87. The number of hydrogen-bond acceptors (Lipinski definition) is 18. The number of hydrogen-bond donors (Lipinski definition) is 0. The average Bonchev–Trinajstić information content (AvgIpc) is 3.11. The molecule has 0 aliphatic carbocycles. The Labute approximate surface area is 337 Å². The van der Waals surface area contributed by atoms with Crippen LogP contribution in [0.25, 0.3) is 0 Å². The highest BCUT2D eigenvalue weighted by Gasteiger charge is 2.33. The molecule has 0 saturated heterocycles. The van der Waals surface area contributed by atoms with Crippen LogP contribution in [0.1, 0.15) is 92.9 Å². The van der Waals surface area contributed by atoms with Crippen LogP contribution in [0.3, 0.4) is 0 Å². The van der Waals surface area contributed by atoms with Crippen LogP contribution in [0.2, 0.25) is 0 Å². The normalized spacial score (nSPS) is 14.5. The fourth-order valence-corrected chi connectivity index (χ4v) is 4.86. The molecule has 1 amide bonds. The van der Waals surface area contributed by atoms with Crippen LogP contribution in [-0.2, 0) is 76.3 Å². The first-order valence-corrected chi connectivity index (χ1v) is 18.4. The van der Waals surface area contributed by atoms with E-state index < -0.39 is 90.5 Å². The topological polar surface area (TPSA) is 240 Å². The van der Waals surface area contributed by atoms with E-state index in [-0.39, 0.29) is 30.9 Å². The Morgan fingerprint density at radius 3 is 1.22 bits per heavy atom. The van der Waals surface area contributed by atoms with E-state index in [4.69, 9.17) is 37.9 Å². The maximum absolute atomic E-state index is 13.0. The molecule has 7 unspecified atom stereocenters. The van der Waals surface area contributed by atoms with Gasteiger partial charge in [0.05, 0.1) is 6.54 Å². The van der Waals surface area contributed by atoms with E-state index in [1.165, 1.54) is 27.7 Å². The van der Waals surface area contributed by atoms with Gasteiger partial charge in [0.2, 0.25) is 5.91 Å². The summed E-state index contributed by atoms with van der Waals surface area (Å²) in [4.78, 5) is 111. The molecule has 0 spiro atoms. The van der Waals surface area contributed by atoms with Crippen molar-refractivity contribution in [2.24, 2.45) is 0 Å². The Morgan fingerprint density at radius 2 is 0.879 bits per heavy atom. The van der Waals surface area contributed by atoms with Crippen molar-refractivity contribution in [3.8, 4) is 11.5 Å². The molecule has 0 saturated carbocycles. The minimum Gasteiger partial charge on any atom is -0.489 e. The molecule has 0 aromatic heterocycles. The second-order valence-electron chi connectivity index (χ2n) is 13.6. The van der Waals surface area contributed by atoms with Gasteiger partial charge in [0, 0.05) is 26.8 Å². The number of nitrogens with zero attached hydrogens (tertiary/aromatic N) is 1. The van der Waals surface area contributed by atoms with E-state index in [2.05, 4.69) is 4.74 Å². The lowest BCUT2D eigenvalue weighted by Gasteiger charge is -2.29. The van der Waals surface area contributed by atoms with Crippen LogP contribution in [0.15, 0.2) is 6.07 Å². The van der Waals surface area contributed by atoms with Crippen LogP contribution < -0.4 is 9.47 Å². The fourth-order valence-electron chi connectivity index (χ4n) is 4.86. The van der Waals surface area contributed by atoms with E-state index in [1.807, 2.05) is 13.8 Å². The zero-order valence-corrected chi connectivity index (χ0v) is 35.4. The maximum Gasteiger partial charge on any atom is 0.352 e. The third-order valence-electron chi connectivity index (χ3n) is 8.17. The molecule has 0 radical (unpaired) electrons. The summed E-state index contributed by atoms with van der Waals surface area (Å²) in [6, 6.07) is 1.48. The molecule has 1 aromatic carbocycles. The van der Waals surface area contributed by atoms with Crippen LogP contribution in [0.5, 0.6) is 11.5 Å². The number of amides is 1. The number of ether oxygens (including phenoxy) is 9. The zero-order valence-electron chi connectivity index (χ0n) is 35.4. The van der Waals surface area contributed by atoms with Crippen molar-refractivity contribution < 1.29 is 85.8 Å². The summed E-state index contributed by atoms with van der Waals surface area (Å²) >= 11 is 0. The molecule has 58 heavy (non-hydrogen) atoms. The summed E-state index contributed by atoms with van der Waals surface area (Å²) < 4.78 is 46.6.